The number of H-pyrrole nitrogens is 1. The monoisotopic (exact) mass is 347 g/mol. The zero-order chi connectivity index (χ0) is 14.3. The average Bonchev–Trinajstić information content (AvgIpc) is 2.69. The summed E-state index contributed by atoms with van der Waals surface area (Å²) in [4.78, 5) is 14.9. The minimum Gasteiger partial charge on any atom is -0.422 e. The third kappa shape index (κ3) is 2.34. The normalized spacial score (nSPS) is 15.3. The zero-order valence-electron chi connectivity index (χ0n) is 10.6. The van der Waals surface area contributed by atoms with Crippen molar-refractivity contribution in [2.24, 2.45) is 0 Å². The van der Waals surface area contributed by atoms with Crippen LogP contribution in [0, 0.1) is 11.6 Å². The van der Waals surface area contributed by atoms with E-state index in [1.165, 1.54) is 0 Å². The van der Waals surface area contributed by atoms with E-state index >= 15 is 0 Å². The predicted molar refractivity (Wildman–Crippen MR) is 83.8 cm³/mol. The van der Waals surface area contributed by atoms with Crippen LogP contribution in [0.2, 0.25) is 0 Å². The summed E-state index contributed by atoms with van der Waals surface area (Å²) < 4.78 is 6.75. The maximum atomic E-state index is 11.9. The fourth-order valence-corrected chi connectivity index (χ4v) is 2.73. The van der Waals surface area contributed by atoms with Crippen molar-refractivity contribution in [1.29, 1.82) is 0 Å². The van der Waals surface area contributed by atoms with E-state index in [4.69, 9.17) is 17.0 Å². The van der Waals surface area contributed by atoms with Crippen molar-refractivity contribution in [2.45, 2.75) is 6.92 Å². The van der Waals surface area contributed by atoms with Gasteiger partial charge in [-0.15, -0.1) is 0 Å². The van der Waals surface area contributed by atoms with Gasteiger partial charge in [-0.05, 0) is 36.8 Å². The highest BCUT2D eigenvalue weighted by Crippen LogP contribution is 2.32. The van der Waals surface area contributed by atoms with Crippen molar-refractivity contribution in [2.75, 3.05) is 0 Å². The van der Waals surface area contributed by atoms with Crippen molar-refractivity contribution in [3.8, 4) is 0 Å². The lowest BCUT2D eigenvalue weighted by Crippen LogP contribution is -1.97. The van der Waals surface area contributed by atoms with Gasteiger partial charge < -0.3 is 9.72 Å². The van der Waals surface area contributed by atoms with Gasteiger partial charge in [-0.25, -0.2) is 4.79 Å². The Hall–Kier alpha value is -1.72. The molecule has 2 heterocycles. The molecule has 0 fully saturated rings. The molecule has 1 aliphatic rings. The minimum atomic E-state index is -0.399. The fourth-order valence-electron chi connectivity index (χ4n) is 2.11. The molecule has 0 radical (unpaired) electrons. The van der Waals surface area contributed by atoms with Crippen molar-refractivity contribution >= 4 is 46.0 Å². The number of nitrogens with one attached hydrogen (secondary N) is 1. The number of carbonyl (C=O) groups excluding carboxylic acids is 1. The Kier molecular flexibility index (Phi) is 3.31. The van der Waals surface area contributed by atoms with Gasteiger partial charge in [0.05, 0.1) is 0 Å². The molecule has 0 atom stereocenters. The molecule has 3 rings (SSSR count). The van der Waals surface area contributed by atoms with Gasteiger partial charge in [-0.1, -0.05) is 40.3 Å². The van der Waals surface area contributed by atoms with Crippen molar-refractivity contribution in [3.05, 3.63) is 61.8 Å². The molecule has 5 heteroatoms. The summed E-state index contributed by atoms with van der Waals surface area (Å²) in [5.41, 5.74) is 3.04. The van der Waals surface area contributed by atoms with Crippen LogP contribution in [0.3, 0.4) is 0 Å². The molecule has 100 valence electrons. The molecule has 0 unspecified atom stereocenters. The first kappa shape index (κ1) is 13.3. The van der Waals surface area contributed by atoms with E-state index in [1.54, 1.807) is 0 Å². The number of carbonyl (C=O) groups is 1. The maximum Gasteiger partial charge on any atom is 0.347 e. The number of hydrogen-bond acceptors (Lipinski definition) is 3. The van der Waals surface area contributed by atoms with Crippen LogP contribution >= 0.6 is 28.1 Å². The lowest BCUT2D eigenvalue weighted by atomic mass is 10.1. The van der Waals surface area contributed by atoms with Crippen LogP contribution < -0.4 is 0 Å². The van der Waals surface area contributed by atoms with E-state index in [9.17, 15) is 4.79 Å². The Labute approximate surface area is 129 Å². The van der Waals surface area contributed by atoms with E-state index < -0.39 is 5.97 Å². The summed E-state index contributed by atoms with van der Waals surface area (Å²) >= 11 is 8.58. The molecular weight excluding hydrogens is 338 g/mol. The van der Waals surface area contributed by atoms with Gasteiger partial charge in [0.2, 0.25) is 0 Å². The summed E-state index contributed by atoms with van der Waals surface area (Å²) in [6.45, 7) is 1.90. The Morgan fingerprint density at radius 2 is 2.00 bits per heavy atom. The molecule has 0 aliphatic carbocycles. The molecule has 1 aromatic carbocycles. The lowest BCUT2D eigenvalue weighted by molar-refractivity contribution is 0.0716. The van der Waals surface area contributed by atoms with Crippen LogP contribution in [-0.4, -0.2) is 11.0 Å². The molecule has 0 bridgehead atoms. The number of esters is 1. The van der Waals surface area contributed by atoms with Crippen molar-refractivity contribution in [1.82, 2.24) is 4.98 Å². The molecular formula is C15H10BrNO2S. The number of pyridine rings is 1. The molecule has 0 spiro atoms. The van der Waals surface area contributed by atoms with Gasteiger partial charge >= 0.3 is 5.97 Å². The zero-order valence-corrected chi connectivity index (χ0v) is 13.0. The molecule has 0 amide bonds. The van der Waals surface area contributed by atoms with Crippen LogP contribution in [-0.2, 0) is 4.74 Å². The standard InChI is InChI=1S/C15H10BrNO2S/c1-8-6-11-12(7-9-2-4-10(16)5-3-9)19-15(18)13(11)14(20)17-8/h2-7H,1H3,(H,17,20). The largest absolute Gasteiger partial charge is 0.422 e. The van der Waals surface area contributed by atoms with E-state index in [0.717, 1.165) is 21.3 Å². The van der Waals surface area contributed by atoms with E-state index in [2.05, 4.69) is 20.9 Å². The number of halogens is 1. The van der Waals surface area contributed by atoms with Gasteiger partial charge in [0.15, 0.2) is 0 Å². The Morgan fingerprint density at radius 3 is 2.70 bits per heavy atom. The second-order valence-corrected chi connectivity index (χ2v) is 5.84. The molecule has 3 nitrogen and oxygen atoms in total. The van der Waals surface area contributed by atoms with Gasteiger partial charge in [0.1, 0.15) is 16.0 Å². The molecule has 20 heavy (non-hydrogen) atoms. The second-order valence-electron chi connectivity index (χ2n) is 4.52. The highest BCUT2D eigenvalue weighted by molar-refractivity contribution is 9.10. The van der Waals surface area contributed by atoms with Gasteiger partial charge in [-0.3, -0.25) is 0 Å². The SMILES string of the molecule is Cc1cc2c(c(=S)[nH]1)C(=O)OC2=Cc1ccc(Br)cc1. The van der Waals surface area contributed by atoms with E-state index in [1.807, 2.05) is 43.3 Å². The third-order valence-electron chi connectivity index (χ3n) is 3.01. The van der Waals surface area contributed by atoms with E-state index in [-0.39, 0.29) is 0 Å². The first-order chi connectivity index (χ1) is 9.54. The fraction of sp³-hybridized carbons (Fsp3) is 0.0667. The molecule has 1 aliphatic heterocycles. The summed E-state index contributed by atoms with van der Waals surface area (Å²) in [7, 11) is 0. The Bertz CT molecular complexity index is 791. The quantitative estimate of drug-likeness (QED) is 0.610. The first-order valence-corrected chi connectivity index (χ1v) is 7.18. The summed E-state index contributed by atoms with van der Waals surface area (Å²) in [5, 5.41) is 0. The van der Waals surface area contributed by atoms with Crippen LogP contribution in [0.5, 0.6) is 0 Å². The number of fused-ring (bicyclic) bond motifs is 1. The lowest BCUT2D eigenvalue weighted by Gasteiger charge is -2.01. The smallest absolute Gasteiger partial charge is 0.347 e. The number of aromatic amines is 1. The van der Waals surface area contributed by atoms with Crippen molar-refractivity contribution < 1.29 is 9.53 Å². The molecule has 2 aromatic rings. The topological polar surface area (TPSA) is 42.1 Å². The van der Waals surface area contributed by atoms with Gasteiger partial charge in [0.25, 0.3) is 0 Å². The number of ether oxygens (including phenoxy) is 1. The molecule has 0 saturated heterocycles. The highest BCUT2D eigenvalue weighted by Gasteiger charge is 2.28. The molecule has 1 N–H and O–H groups in total. The minimum absolute atomic E-state index is 0.399. The number of rotatable bonds is 1. The number of hydrogen-bond donors (Lipinski definition) is 1. The Morgan fingerprint density at radius 1 is 1.30 bits per heavy atom. The number of aryl methyl sites for hydroxylation is 1. The average molecular weight is 348 g/mol. The predicted octanol–water partition coefficient (Wildman–Crippen LogP) is 4.48. The summed E-state index contributed by atoms with van der Waals surface area (Å²) in [5.74, 6) is 0.139. The first-order valence-electron chi connectivity index (χ1n) is 5.98. The maximum absolute atomic E-state index is 11.9. The van der Waals surface area contributed by atoms with Crippen LogP contribution in [0.1, 0.15) is 27.2 Å². The van der Waals surface area contributed by atoms with Gasteiger partial charge in [0, 0.05) is 15.7 Å². The highest BCUT2D eigenvalue weighted by atomic mass is 79.9. The molecule has 1 aromatic heterocycles. The number of benzene rings is 1. The van der Waals surface area contributed by atoms with Crippen LogP contribution in [0.4, 0.5) is 0 Å². The van der Waals surface area contributed by atoms with Crippen molar-refractivity contribution in [3.63, 3.8) is 0 Å². The number of aromatic nitrogens is 1. The molecule has 0 saturated carbocycles. The summed E-state index contributed by atoms with van der Waals surface area (Å²) in [6, 6.07) is 9.64. The van der Waals surface area contributed by atoms with Crippen LogP contribution in [0.25, 0.3) is 11.8 Å². The van der Waals surface area contributed by atoms with E-state index in [0.29, 0.717) is 16.0 Å². The Balaban J connectivity index is 2.13. The second kappa shape index (κ2) is 5.00. The van der Waals surface area contributed by atoms with Gasteiger partial charge in [-0.2, -0.15) is 0 Å². The summed E-state index contributed by atoms with van der Waals surface area (Å²) in [6.07, 6.45) is 1.84. The van der Waals surface area contributed by atoms with Crippen LogP contribution in [0.15, 0.2) is 34.8 Å². The number of cyclic esters (lactones) is 1. The third-order valence-corrected chi connectivity index (χ3v) is 3.84.